The number of likely N-dealkylation sites (tertiary alicyclic amines) is 1. The maximum absolute atomic E-state index is 11.0. The van der Waals surface area contributed by atoms with E-state index in [2.05, 4.69) is 58.1 Å². The van der Waals surface area contributed by atoms with E-state index in [1.54, 1.807) is 0 Å². The third-order valence-electron chi connectivity index (χ3n) is 5.38. The Morgan fingerprint density at radius 2 is 1.74 bits per heavy atom. The van der Waals surface area contributed by atoms with Crippen molar-refractivity contribution in [1.82, 2.24) is 9.47 Å². The van der Waals surface area contributed by atoms with Gasteiger partial charge in [-0.3, -0.25) is 9.69 Å². The minimum Gasteiger partial charge on any atom is -0.481 e. The number of aliphatic hydroxyl groups is 1. The second-order valence-electron chi connectivity index (χ2n) is 7.40. The fourth-order valence-electron chi connectivity index (χ4n) is 4.10. The third-order valence-corrected chi connectivity index (χ3v) is 5.38. The molecule has 140 valence electrons. The first-order valence-electron chi connectivity index (χ1n) is 9.33. The second-order valence-corrected chi connectivity index (χ2v) is 7.40. The molecule has 0 saturated carbocycles. The number of fused-ring (bicyclic) bond motifs is 1. The van der Waals surface area contributed by atoms with Gasteiger partial charge in [0.25, 0.3) is 0 Å². The third kappa shape index (κ3) is 3.89. The van der Waals surface area contributed by atoms with Crippen LogP contribution in [0.15, 0.2) is 60.8 Å². The molecule has 2 atom stereocenters. The lowest BCUT2D eigenvalue weighted by Gasteiger charge is -2.14. The van der Waals surface area contributed by atoms with Crippen molar-refractivity contribution in [3.8, 4) is 0 Å². The van der Waals surface area contributed by atoms with Crippen molar-refractivity contribution >= 4 is 16.9 Å². The van der Waals surface area contributed by atoms with Crippen molar-refractivity contribution in [2.45, 2.75) is 25.6 Å². The first kappa shape index (κ1) is 17.8. The van der Waals surface area contributed by atoms with Gasteiger partial charge >= 0.3 is 5.97 Å². The Bertz CT molecular complexity index is 935. The van der Waals surface area contributed by atoms with Crippen LogP contribution in [-0.4, -0.2) is 44.8 Å². The molecule has 0 bridgehead atoms. The molecule has 2 N–H and O–H groups in total. The van der Waals surface area contributed by atoms with Crippen molar-refractivity contribution in [2.24, 2.45) is 5.92 Å². The van der Waals surface area contributed by atoms with Crippen LogP contribution in [0.3, 0.4) is 0 Å². The molecule has 1 aliphatic rings. The van der Waals surface area contributed by atoms with Gasteiger partial charge in [0.1, 0.15) is 0 Å². The van der Waals surface area contributed by atoms with E-state index in [1.807, 2.05) is 12.1 Å². The highest BCUT2D eigenvalue weighted by Gasteiger charge is 2.33. The molecule has 0 aliphatic carbocycles. The monoisotopic (exact) mass is 364 g/mol. The molecule has 5 heteroatoms. The van der Waals surface area contributed by atoms with E-state index < -0.39 is 12.1 Å². The summed E-state index contributed by atoms with van der Waals surface area (Å²) in [6, 6.07) is 18.7. The van der Waals surface area contributed by atoms with E-state index in [0.717, 1.165) is 13.1 Å². The molecule has 27 heavy (non-hydrogen) atoms. The van der Waals surface area contributed by atoms with Crippen molar-refractivity contribution in [3.05, 3.63) is 71.9 Å². The lowest BCUT2D eigenvalue weighted by Crippen LogP contribution is -2.21. The molecule has 0 radical (unpaired) electrons. The lowest BCUT2D eigenvalue weighted by molar-refractivity contribution is -0.138. The number of carboxylic acids is 1. The lowest BCUT2D eigenvalue weighted by atomic mass is 10.0. The predicted molar refractivity (Wildman–Crippen MR) is 105 cm³/mol. The summed E-state index contributed by atoms with van der Waals surface area (Å²) in [5.74, 6) is -1.04. The number of benzene rings is 2. The van der Waals surface area contributed by atoms with Crippen molar-refractivity contribution < 1.29 is 15.0 Å². The van der Waals surface area contributed by atoms with Crippen LogP contribution in [0.25, 0.3) is 10.9 Å². The summed E-state index contributed by atoms with van der Waals surface area (Å²) in [5, 5.41) is 20.4. The van der Waals surface area contributed by atoms with Crippen LogP contribution < -0.4 is 0 Å². The number of carboxylic acid groups (broad SMARTS) is 1. The van der Waals surface area contributed by atoms with Gasteiger partial charge in [-0.2, -0.15) is 0 Å². The fourth-order valence-corrected chi connectivity index (χ4v) is 4.10. The number of hydrogen-bond acceptors (Lipinski definition) is 3. The van der Waals surface area contributed by atoms with Crippen LogP contribution in [0.1, 0.15) is 17.5 Å². The van der Waals surface area contributed by atoms with Crippen molar-refractivity contribution in [3.63, 3.8) is 0 Å². The minimum absolute atomic E-state index is 0.0213. The molecule has 0 amide bonds. The van der Waals surface area contributed by atoms with Gasteiger partial charge in [0.05, 0.1) is 12.5 Å². The molecule has 4 rings (SSSR count). The molecular formula is C22H24N2O3. The molecule has 2 aromatic carbocycles. The summed E-state index contributed by atoms with van der Waals surface area (Å²) >= 11 is 0. The van der Waals surface area contributed by atoms with E-state index in [4.69, 9.17) is 5.11 Å². The molecular weight excluding hydrogens is 340 g/mol. The summed E-state index contributed by atoms with van der Waals surface area (Å²) in [5.41, 5.74) is 3.66. The number of hydrogen-bond donors (Lipinski definition) is 2. The quantitative estimate of drug-likeness (QED) is 0.706. The SMILES string of the molecule is O=C(O)C[C@@H]1CN(Cc2cn(Cc3ccccc3)c3ccccc23)C[C@H]1O. The Hall–Kier alpha value is -2.63. The van der Waals surface area contributed by atoms with E-state index in [9.17, 15) is 9.90 Å². The Morgan fingerprint density at radius 1 is 1.00 bits per heavy atom. The van der Waals surface area contributed by atoms with Gasteiger partial charge in [-0.25, -0.2) is 0 Å². The number of β-amino-alcohol motifs (C(OH)–C–C–N with tert-alkyl or cyclic N) is 1. The number of aliphatic carboxylic acids is 1. The summed E-state index contributed by atoms with van der Waals surface area (Å²) in [6.07, 6.45) is 1.64. The van der Waals surface area contributed by atoms with Gasteiger partial charge in [0.2, 0.25) is 0 Å². The molecule has 5 nitrogen and oxygen atoms in total. The number of nitrogens with zero attached hydrogens (tertiary/aromatic N) is 2. The highest BCUT2D eigenvalue weighted by molar-refractivity contribution is 5.84. The number of rotatable bonds is 6. The van der Waals surface area contributed by atoms with Crippen LogP contribution in [0.5, 0.6) is 0 Å². The average molecular weight is 364 g/mol. The fraction of sp³-hybridized carbons (Fsp3) is 0.318. The smallest absolute Gasteiger partial charge is 0.303 e. The normalized spacial score (nSPS) is 20.3. The Balaban J connectivity index is 1.57. The van der Waals surface area contributed by atoms with E-state index in [1.165, 1.54) is 22.0 Å². The van der Waals surface area contributed by atoms with Gasteiger partial charge in [0, 0.05) is 49.2 Å². The number of aromatic nitrogens is 1. The zero-order chi connectivity index (χ0) is 18.8. The Kier molecular flexibility index (Phi) is 4.97. The zero-order valence-electron chi connectivity index (χ0n) is 15.2. The summed E-state index contributed by atoms with van der Waals surface area (Å²) < 4.78 is 2.27. The van der Waals surface area contributed by atoms with Gasteiger partial charge in [-0.05, 0) is 17.2 Å². The van der Waals surface area contributed by atoms with Crippen LogP contribution >= 0.6 is 0 Å². The molecule has 2 heterocycles. The van der Waals surface area contributed by atoms with Crippen molar-refractivity contribution in [1.29, 1.82) is 0 Å². The molecule has 1 aromatic heterocycles. The minimum atomic E-state index is -0.847. The largest absolute Gasteiger partial charge is 0.481 e. The summed E-state index contributed by atoms with van der Waals surface area (Å²) in [7, 11) is 0. The molecule has 1 saturated heterocycles. The van der Waals surface area contributed by atoms with Gasteiger partial charge < -0.3 is 14.8 Å². The highest BCUT2D eigenvalue weighted by Crippen LogP contribution is 2.27. The molecule has 1 fully saturated rings. The second kappa shape index (κ2) is 7.55. The highest BCUT2D eigenvalue weighted by atomic mass is 16.4. The average Bonchev–Trinajstić information content (AvgIpc) is 3.16. The summed E-state index contributed by atoms with van der Waals surface area (Å²) in [6.45, 7) is 2.67. The maximum atomic E-state index is 11.0. The first-order valence-corrected chi connectivity index (χ1v) is 9.33. The first-order chi connectivity index (χ1) is 13.1. The molecule has 0 unspecified atom stereocenters. The van der Waals surface area contributed by atoms with E-state index >= 15 is 0 Å². The van der Waals surface area contributed by atoms with Gasteiger partial charge in [0.15, 0.2) is 0 Å². The van der Waals surface area contributed by atoms with Crippen molar-refractivity contribution in [2.75, 3.05) is 13.1 Å². The Labute approximate surface area is 158 Å². The number of para-hydroxylation sites is 1. The maximum Gasteiger partial charge on any atom is 0.303 e. The van der Waals surface area contributed by atoms with E-state index in [0.29, 0.717) is 13.1 Å². The topological polar surface area (TPSA) is 65.7 Å². The standard InChI is InChI=1S/C22H24N2O3/c25-21-15-23(12-17(21)10-22(26)27)13-18-14-24(11-16-6-2-1-3-7-16)20-9-5-4-8-19(18)20/h1-9,14,17,21,25H,10-13,15H2,(H,26,27)/t17-,21-/m1/s1. The van der Waals surface area contributed by atoms with Crippen LogP contribution in [0.4, 0.5) is 0 Å². The number of carbonyl (C=O) groups is 1. The van der Waals surface area contributed by atoms with Crippen LogP contribution in [-0.2, 0) is 17.9 Å². The van der Waals surface area contributed by atoms with Crippen LogP contribution in [0.2, 0.25) is 0 Å². The molecule has 1 aliphatic heterocycles. The van der Waals surface area contributed by atoms with Gasteiger partial charge in [-0.1, -0.05) is 48.5 Å². The molecule has 0 spiro atoms. The van der Waals surface area contributed by atoms with Gasteiger partial charge in [-0.15, -0.1) is 0 Å². The summed E-state index contributed by atoms with van der Waals surface area (Å²) in [4.78, 5) is 13.1. The van der Waals surface area contributed by atoms with E-state index in [-0.39, 0.29) is 12.3 Å². The molecule has 3 aromatic rings. The Morgan fingerprint density at radius 3 is 2.52 bits per heavy atom. The van der Waals surface area contributed by atoms with Crippen LogP contribution in [0, 0.1) is 5.92 Å². The number of aliphatic hydroxyl groups excluding tert-OH is 1. The predicted octanol–water partition coefficient (Wildman–Crippen LogP) is 2.96. The zero-order valence-corrected chi connectivity index (χ0v) is 15.2.